The number of aromatic nitrogens is 3. The van der Waals surface area contributed by atoms with Crippen molar-refractivity contribution in [3.8, 4) is 0 Å². The second kappa shape index (κ2) is 6.57. The largest absolute Gasteiger partial charge is 0.310 e. The number of carbonyl (C=O) groups excluding carboxylic acids is 1. The van der Waals surface area contributed by atoms with E-state index in [1.54, 1.807) is 6.20 Å². The second-order valence-corrected chi connectivity index (χ2v) is 6.82. The number of thiol groups is 1. The van der Waals surface area contributed by atoms with E-state index < -0.39 is 0 Å². The number of pyridine rings is 1. The first-order chi connectivity index (χ1) is 12.6. The Balaban J connectivity index is 1.90. The van der Waals surface area contributed by atoms with E-state index in [-0.39, 0.29) is 23.8 Å². The van der Waals surface area contributed by atoms with Crippen molar-refractivity contribution in [1.29, 1.82) is 0 Å². The smallest absolute Gasteiger partial charge is 0.269 e. The molecule has 2 aromatic heterocycles. The molecule has 26 heavy (non-hydrogen) atoms. The quantitative estimate of drug-likeness (QED) is 0.699. The summed E-state index contributed by atoms with van der Waals surface area (Å²) in [5.41, 5.74) is 2.04. The summed E-state index contributed by atoms with van der Waals surface area (Å²) in [6.07, 6.45) is 3.40. The first-order valence-electron chi connectivity index (χ1n) is 8.58. The molecule has 3 aromatic rings. The summed E-state index contributed by atoms with van der Waals surface area (Å²) in [4.78, 5) is 34.0. The van der Waals surface area contributed by atoms with E-state index in [1.165, 1.54) is 3.97 Å². The van der Waals surface area contributed by atoms with Crippen LogP contribution in [0.3, 0.4) is 0 Å². The van der Waals surface area contributed by atoms with Crippen LogP contribution in [-0.4, -0.2) is 19.8 Å². The number of nitrogens with one attached hydrogen (secondary N) is 1. The Bertz CT molecular complexity index is 1080. The molecule has 1 atom stereocenters. The van der Waals surface area contributed by atoms with Crippen LogP contribution in [0, 0.1) is 0 Å². The number of amides is 1. The molecule has 6 nitrogen and oxygen atoms in total. The summed E-state index contributed by atoms with van der Waals surface area (Å²) < 4.78 is 1.30. The number of aryl methyl sites for hydroxylation is 1. The minimum atomic E-state index is -0.350. The molecule has 1 aliphatic rings. The van der Waals surface area contributed by atoms with Crippen LogP contribution in [-0.2, 0) is 11.2 Å². The third kappa shape index (κ3) is 2.78. The van der Waals surface area contributed by atoms with Gasteiger partial charge in [-0.1, -0.05) is 31.9 Å². The Morgan fingerprint density at radius 3 is 2.96 bits per heavy atom. The summed E-state index contributed by atoms with van der Waals surface area (Å²) in [5, 5.41) is 3.73. The van der Waals surface area contributed by atoms with Crippen molar-refractivity contribution in [1.82, 2.24) is 13.9 Å². The van der Waals surface area contributed by atoms with E-state index in [0.29, 0.717) is 23.6 Å². The Kier molecular flexibility index (Phi) is 4.24. The van der Waals surface area contributed by atoms with Gasteiger partial charge in [-0.25, -0.2) is 8.96 Å². The highest BCUT2D eigenvalue weighted by Gasteiger charge is 2.32. The molecular weight excluding hydrogens is 348 g/mol. The number of rotatable bonds is 3. The zero-order valence-corrected chi connectivity index (χ0v) is 15.2. The fourth-order valence-corrected chi connectivity index (χ4v) is 3.68. The molecule has 1 aliphatic heterocycles. The molecule has 1 unspecified atom stereocenters. The summed E-state index contributed by atoms with van der Waals surface area (Å²) in [7, 11) is 0. The van der Waals surface area contributed by atoms with Crippen LogP contribution in [0.4, 0.5) is 5.82 Å². The van der Waals surface area contributed by atoms with E-state index >= 15 is 0 Å². The molecule has 7 heteroatoms. The van der Waals surface area contributed by atoms with Gasteiger partial charge in [-0.2, -0.15) is 0 Å². The van der Waals surface area contributed by atoms with Crippen molar-refractivity contribution < 1.29 is 4.79 Å². The van der Waals surface area contributed by atoms with Crippen LogP contribution in [0.2, 0.25) is 0 Å². The van der Waals surface area contributed by atoms with Gasteiger partial charge in [-0.15, -0.1) is 0 Å². The third-order valence-electron chi connectivity index (χ3n) is 4.66. The zero-order chi connectivity index (χ0) is 18.3. The second-order valence-electron chi connectivity index (χ2n) is 6.42. The minimum absolute atomic E-state index is 0.139. The number of hydrogen-bond donors (Lipinski definition) is 2. The predicted octanol–water partition coefficient (Wildman–Crippen LogP) is 2.91. The number of hydrogen-bond acceptors (Lipinski definition) is 5. The maximum atomic E-state index is 12.9. The van der Waals surface area contributed by atoms with Crippen molar-refractivity contribution in [2.45, 2.75) is 32.1 Å². The predicted molar refractivity (Wildman–Crippen MR) is 104 cm³/mol. The first-order valence-corrected chi connectivity index (χ1v) is 8.98. The molecule has 1 N–H and O–H groups in total. The summed E-state index contributed by atoms with van der Waals surface area (Å²) in [6.45, 7) is 2.00. The highest BCUT2D eigenvalue weighted by Crippen LogP contribution is 2.35. The Morgan fingerprint density at radius 1 is 1.31 bits per heavy atom. The first kappa shape index (κ1) is 16.8. The van der Waals surface area contributed by atoms with Crippen LogP contribution >= 0.6 is 12.8 Å². The zero-order valence-electron chi connectivity index (χ0n) is 14.3. The van der Waals surface area contributed by atoms with E-state index in [1.807, 2.05) is 37.3 Å². The van der Waals surface area contributed by atoms with Gasteiger partial charge < -0.3 is 5.32 Å². The van der Waals surface area contributed by atoms with Crippen LogP contribution in [0.5, 0.6) is 0 Å². The van der Waals surface area contributed by atoms with Crippen molar-refractivity contribution >= 4 is 35.4 Å². The molecular formula is C19H18N4O2S. The van der Waals surface area contributed by atoms with Gasteiger partial charge in [-0.3, -0.25) is 14.6 Å². The molecule has 0 fully saturated rings. The Morgan fingerprint density at radius 2 is 2.15 bits per heavy atom. The fourth-order valence-electron chi connectivity index (χ4n) is 3.43. The van der Waals surface area contributed by atoms with Crippen LogP contribution in [0.15, 0.2) is 41.3 Å². The van der Waals surface area contributed by atoms with Gasteiger partial charge in [0.2, 0.25) is 5.91 Å². The molecule has 3 heterocycles. The molecule has 1 aromatic carbocycles. The highest BCUT2D eigenvalue weighted by molar-refractivity contribution is 7.78. The molecule has 0 radical (unpaired) electrons. The van der Waals surface area contributed by atoms with Crippen LogP contribution in [0.25, 0.3) is 10.9 Å². The van der Waals surface area contributed by atoms with E-state index in [9.17, 15) is 9.59 Å². The Hall–Kier alpha value is -2.67. The summed E-state index contributed by atoms with van der Waals surface area (Å²) in [6, 6.07) is 9.65. The fraction of sp³-hybridized carbons (Fsp3) is 0.263. The molecule has 1 amide bonds. The monoisotopic (exact) mass is 366 g/mol. The van der Waals surface area contributed by atoms with Gasteiger partial charge in [0.15, 0.2) is 0 Å². The maximum absolute atomic E-state index is 12.9. The van der Waals surface area contributed by atoms with Gasteiger partial charge in [-0.05, 0) is 30.2 Å². The average Bonchev–Trinajstić information content (AvgIpc) is 2.65. The van der Waals surface area contributed by atoms with Crippen molar-refractivity contribution in [3.63, 3.8) is 0 Å². The van der Waals surface area contributed by atoms with Gasteiger partial charge in [0, 0.05) is 30.3 Å². The number of anilines is 1. The molecule has 0 aliphatic carbocycles. The van der Waals surface area contributed by atoms with Crippen molar-refractivity contribution in [2.24, 2.45) is 0 Å². The van der Waals surface area contributed by atoms with Gasteiger partial charge in [0.1, 0.15) is 11.6 Å². The number of nitrogens with zero attached hydrogens (tertiary/aromatic N) is 3. The topological polar surface area (TPSA) is 76.9 Å². The molecule has 0 saturated heterocycles. The standard InChI is InChI=1S/C19H18N4O2S/c1-2-4-15-21-18-17(19(25)23(15)26)13(10-16(24)22-18)11-6-7-14-12(9-11)5-3-8-20-14/h3,5-9,13,26H,2,4,10H2,1H3,(H,22,24). The van der Waals surface area contributed by atoms with E-state index in [2.05, 4.69) is 28.1 Å². The highest BCUT2D eigenvalue weighted by atomic mass is 32.1. The number of carbonyl (C=O) groups is 1. The summed E-state index contributed by atoms with van der Waals surface area (Å²) >= 11 is 4.33. The van der Waals surface area contributed by atoms with Gasteiger partial charge >= 0.3 is 0 Å². The lowest BCUT2D eigenvalue weighted by Crippen LogP contribution is -2.34. The SMILES string of the molecule is CCCc1nc2c(c(=O)n1S)C(c1ccc3ncccc3c1)CC(=O)N2. The molecule has 0 spiro atoms. The molecule has 132 valence electrons. The maximum Gasteiger partial charge on any atom is 0.269 e. The summed E-state index contributed by atoms with van der Waals surface area (Å²) in [5.74, 6) is 0.428. The Labute approximate surface area is 155 Å². The normalized spacial score (nSPS) is 16.4. The third-order valence-corrected chi connectivity index (χ3v) is 5.07. The van der Waals surface area contributed by atoms with Crippen molar-refractivity contribution in [2.75, 3.05) is 5.32 Å². The average molecular weight is 366 g/mol. The van der Waals surface area contributed by atoms with Crippen molar-refractivity contribution in [3.05, 3.63) is 63.8 Å². The molecule has 4 rings (SSSR count). The van der Waals surface area contributed by atoms with Gasteiger partial charge in [0.25, 0.3) is 5.56 Å². The van der Waals surface area contributed by atoms with E-state index in [4.69, 9.17) is 0 Å². The molecule has 0 bridgehead atoms. The molecule has 0 saturated carbocycles. The van der Waals surface area contributed by atoms with Crippen LogP contribution in [0.1, 0.15) is 42.6 Å². The van der Waals surface area contributed by atoms with Gasteiger partial charge in [0.05, 0.1) is 11.1 Å². The van der Waals surface area contributed by atoms with E-state index in [0.717, 1.165) is 22.9 Å². The number of benzene rings is 1. The number of fused-ring (bicyclic) bond motifs is 2. The lowest BCUT2D eigenvalue weighted by molar-refractivity contribution is -0.116. The lowest BCUT2D eigenvalue weighted by Gasteiger charge is -2.25. The minimum Gasteiger partial charge on any atom is -0.310 e. The lowest BCUT2D eigenvalue weighted by atomic mass is 9.86. The van der Waals surface area contributed by atoms with Crippen LogP contribution < -0.4 is 10.9 Å².